The summed E-state index contributed by atoms with van der Waals surface area (Å²) < 4.78 is 8.14. The van der Waals surface area contributed by atoms with Crippen molar-refractivity contribution in [3.05, 3.63) is 24.0 Å². The Bertz CT molecular complexity index is 608. The van der Waals surface area contributed by atoms with E-state index in [-0.39, 0.29) is 0 Å². The molecule has 1 aliphatic carbocycles. The Kier molecular flexibility index (Phi) is 3.88. The van der Waals surface area contributed by atoms with Gasteiger partial charge in [0.05, 0.1) is 18.0 Å². The van der Waals surface area contributed by atoms with Crippen LogP contribution in [0, 0.1) is 5.92 Å². The van der Waals surface area contributed by atoms with Crippen LogP contribution in [0.25, 0.3) is 11.0 Å². The lowest BCUT2D eigenvalue weighted by molar-refractivity contribution is 0.320. The Hall–Kier alpha value is -1.22. The summed E-state index contributed by atoms with van der Waals surface area (Å²) in [6.07, 6.45) is 3.46. The van der Waals surface area contributed by atoms with Crippen LogP contribution in [0.15, 0.2) is 18.2 Å². The molecule has 2 unspecified atom stereocenters. The molecule has 2 atom stereocenters. The van der Waals surface area contributed by atoms with E-state index in [4.69, 9.17) is 21.3 Å². The zero-order chi connectivity index (χ0) is 14.1. The number of alkyl halides is 1. The summed E-state index contributed by atoms with van der Waals surface area (Å²) >= 11 is 6.10. The number of halogens is 1. The van der Waals surface area contributed by atoms with Gasteiger partial charge < -0.3 is 9.30 Å². The predicted molar refractivity (Wildman–Crippen MR) is 82.5 cm³/mol. The molecule has 2 aromatic rings. The lowest BCUT2D eigenvalue weighted by atomic mass is 10.2. The van der Waals surface area contributed by atoms with Gasteiger partial charge in [0, 0.05) is 6.04 Å². The lowest BCUT2D eigenvalue weighted by Gasteiger charge is -2.08. The number of rotatable bonds is 6. The molecule has 1 fully saturated rings. The third kappa shape index (κ3) is 2.28. The number of benzene rings is 1. The molecule has 0 spiro atoms. The quantitative estimate of drug-likeness (QED) is 0.731. The van der Waals surface area contributed by atoms with Gasteiger partial charge in [-0.25, -0.2) is 4.98 Å². The number of fused-ring (bicyclic) bond motifs is 1. The van der Waals surface area contributed by atoms with E-state index in [0.717, 1.165) is 41.6 Å². The number of hydrogen-bond donors (Lipinski definition) is 0. The Balaban J connectivity index is 2.05. The van der Waals surface area contributed by atoms with Crippen molar-refractivity contribution in [1.82, 2.24) is 9.55 Å². The molecule has 0 saturated heterocycles. The fourth-order valence-corrected chi connectivity index (χ4v) is 3.11. The number of ether oxygens (including phenoxy) is 1. The van der Waals surface area contributed by atoms with Crippen LogP contribution in [-0.4, -0.2) is 16.2 Å². The molecule has 1 aromatic heterocycles. The first-order valence-electron chi connectivity index (χ1n) is 7.48. The summed E-state index contributed by atoms with van der Waals surface area (Å²) in [5, 5.41) is 0. The summed E-state index contributed by atoms with van der Waals surface area (Å²) in [6.45, 7) is 5.09. The van der Waals surface area contributed by atoms with E-state index in [1.54, 1.807) is 0 Å². The number of nitrogens with zero attached hydrogens (tertiary/aromatic N) is 2. The molecule has 1 aromatic carbocycles. The molecule has 20 heavy (non-hydrogen) atoms. The van der Waals surface area contributed by atoms with Gasteiger partial charge in [0.25, 0.3) is 0 Å². The lowest BCUT2D eigenvalue weighted by Crippen LogP contribution is -2.01. The minimum atomic E-state index is 0.453. The molecule has 1 saturated carbocycles. The van der Waals surface area contributed by atoms with Crippen LogP contribution in [0.5, 0.6) is 5.75 Å². The SMILES string of the molecule is CCCOc1cccc2c1nc(CCl)n2C1CC1CC. The van der Waals surface area contributed by atoms with Gasteiger partial charge in [0.15, 0.2) is 0 Å². The number of hydrogen-bond acceptors (Lipinski definition) is 2. The predicted octanol–water partition coefficient (Wildman–Crippen LogP) is 4.53. The van der Waals surface area contributed by atoms with Crippen molar-refractivity contribution in [2.24, 2.45) is 5.92 Å². The van der Waals surface area contributed by atoms with Crippen molar-refractivity contribution < 1.29 is 4.74 Å². The molecule has 3 rings (SSSR count). The second kappa shape index (κ2) is 5.65. The maximum atomic E-state index is 6.10. The van der Waals surface area contributed by atoms with E-state index < -0.39 is 0 Å². The Labute approximate surface area is 124 Å². The van der Waals surface area contributed by atoms with Crippen LogP contribution >= 0.6 is 11.6 Å². The Morgan fingerprint density at radius 1 is 1.40 bits per heavy atom. The first-order chi connectivity index (χ1) is 9.80. The van der Waals surface area contributed by atoms with E-state index in [1.807, 2.05) is 12.1 Å². The van der Waals surface area contributed by atoms with Gasteiger partial charge in [0.2, 0.25) is 0 Å². The van der Waals surface area contributed by atoms with Crippen molar-refractivity contribution in [3.8, 4) is 5.75 Å². The number of para-hydroxylation sites is 1. The normalized spacial score (nSPS) is 21.4. The van der Waals surface area contributed by atoms with Crippen LogP contribution in [0.4, 0.5) is 0 Å². The maximum absolute atomic E-state index is 6.10. The molecule has 3 nitrogen and oxygen atoms in total. The second-order valence-corrected chi connectivity index (χ2v) is 5.74. The highest BCUT2D eigenvalue weighted by atomic mass is 35.5. The van der Waals surface area contributed by atoms with E-state index in [2.05, 4.69) is 24.5 Å². The zero-order valence-electron chi connectivity index (χ0n) is 12.1. The van der Waals surface area contributed by atoms with E-state index in [9.17, 15) is 0 Å². The molecule has 108 valence electrons. The monoisotopic (exact) mass is 292 g/mol. The molecule has 1 aliphatic rings. The van der Waals surface area contributed by atoms with E-state index in [0.29, 0.717) is 11.9 Å². The topological polar surface area (TPSA) is 27.1 Å². The van der Waals surface area contributed by atoms with Crippen molar-refractivity contribution in [1.29, 1.82) is 0 Å². The van der Waals surface area contributed by atoms with Gasteiger partial charge >= 0.3 is 0 Å². The zero-order valence-corrected chi connectivity index (χ0v) is 12.9. The Morgan fingerprint density at radius 2 is 2.25 bits per heavy atom. The molecular weight excluding hydrogens is 272 g/mol. The molecular formula is C16H21ClN2O. The molecule has 4 heteroatoms. The highest BCUT2D eigenvalue weighted by Gasteiger charge is 2.39. The van der Waals surface area contributed by atoms with Crippen molar-refractivity contribution in [2.45, 2.75) is 45.0 Å². The van der Waals surface area contributed by atoms with E-state index >= 15 is 0 Å². The van der Waals surface area contributed by atoms with E-state index in [1.165, 1.54) is 12.8 Å². The minimum Gasteiger partial charge on any atom is -0.491 e. The smallest absolute Gasteiger partial charge is 0.147 e. The third-order valence-corrected chi connectivity index (χ3v) is 4.32. The van der Waals surface area contributed by atoms with Crippen LogP contribution in [0.1, 0.15) is 45.0 Å². The summed E-state index contributed by atoms with van der Waals surface area (Å²) in [5.41, 5.74) is 2.12. The van der Waals surface area contributed by atoms with Crippen molar-refractivity contribution in [2.75, 3.05) is 6.61 Å². The van der Waals surface area contributed by atoms with Gasteiger partial charge in [-0.15, -0.1) is 11.6 Å². The molecule has 1 heterocycles. The second-order valence-electron chi connectivity index (χ2n) is 5.48. The van der Waals surface area contributed by atoms with Gasteiger partial charge in [0.1, 0.15) is 17.1 Å². The minimum absolute atomic E-state index is 0.453. The highest BCUT2D eigenvalue weighted by molar-refractivity contribution is 6.16. The highest BCUT2D eigenvalue weighted by Crippen LogP contribution is 2.48. The summed E-state index contributed by atoms with van der Waals surface area (Å²) in [6, 6.07) is 6.74. The Morgan fingerprint density at radius 3 is 2.90 bits per heavy atom. The molecule has 0 aliphatic heterocycles. The average Bonchev–Trinajstić information content (AvgIpc) is 3.16. The van der Waals surface area contributed by atoms with Crippen molar-refractivity contribution in [3.63, 3.8) is 0 Å². The fraction of sp³-hybridized carbons (Fsp3) is 0.562. The molecule has 0 N–H and O–H groups in total. The van der Waals surface area contributed by atoms with Gasteiger partial charge in [-0.3, -0.25) is 0 Å². The number of aromatic nitrogens is 2. The van der Waals surface area contributed by atoms with Crippen molar-refractivity contribution >= 4 is 22.6 Å². The van der Waals surface area contributed by atoms with Gasteiger partial charge in [-0.1, -0.05) is 26.3 Å². The first kappa shape index (κ1) is 13.7. The third-order valence-electron chi connectivity index (χ3n) is 4.08. The molecule has 0 amide bonds. The van der Waals surface area contributed by atoms with Crippen LogP contribution in [0.3, 0.4) is 0 Å². The molecule has 0 bridgehead atoms. The first-order valence-corrected chi connectivity index (χ1v) is 8.02. The summed E-state index contributed by atoms with van der Waals surface area (Å²) in [4.78, 5) is 4.72. The average molecular weight is 293 g/mol. The molecule has 0 radical (unpaired) electrons. The van der Waals surface area contributed by atoms with Crippen LogP contribution in [-0.2, 0) is 5.88 Å². The fourth-order valence-electron chi connectivity index (χ4n) is 2.92. The number of imidazole rings is 1. The van der Waals surface area contributed by atoms with Gasteiger partial charge in [-0.2, -0.15) is 0 Å². The summed E-state index contributed by atoms with van der Waals surface area (Å²) in [7, 11) is 0. The largest absolute Gasteiger partial charge is 0.491 e. The van der Waals surface area contributed by atoms with Gasteiger partial charge in [-0.05, 0) is 30.9 Å². The van der Waals surface area contributed by atoms with Crippen LogP contribution in [0.2, 0.25) is 0 Å². The summed E-state index contributed by atoms with van der Waals surface area (Å²) in [5.74, 6) is 3.07. The maximum Gasteiger partial charge on any atom is 0.147 e. The van der Waals surface area contributed by atoms with Crippen LogP contribution < -0.4 is 4.74 Å². The standard InChI is InChI=1S/C16H21ClN2O/c1-3-8-20-14-7-5-6-12-16(14)18-15(10-17)19(12)13-9-11(13)4-2/h5-7,11,13H,3-4,8-10H2,1-2H3.